The van der Waals surface area contributed by atoms with Gasteiger partial charge in [0, 0.05) is 19.0 Å². The highest BCUT2D eigenvalue weighted by Crippen LogP contribution is 2.28. The van der Waals surface area contributed by atoms with Crippen LogP contribution < -0.4 is 5.73 Å². The maximum atomic E-state index is 5.85. The molecule has 0 spiro atoms. The minimum atomic E-state index is 0.0205. The van der Waals surface area contributed by atoms with Crippen molar-refractivity contribution in [2.75, 3.05) is 26.2 Å². The predicted molar refractivity (Wildman–Crippen MR) is 62.4 cm³/mol. The van der Waals surface area contributed by atoms with E-state index in [4.69, 9.17) is 10.5 Å². The lowest BCUT2D eigenvalue weighted by molar-refractivity contribution is -0.0540. The molecule has 0 radical (unpaired) electrons. The molecule has 3 N–H and O–H groups in total. The number of fused-ring (bicyclic) bond motifs is 1. The number of H-pyrrole nitrogens is 1. The molecule has 6 heteroatoms. The molecule has 94 valence electrons. The molecule has 2 saturated heterocycles. The largest absolute Gasteiger partial charge is 0.367 e. The van der Waals surface area contributed by atoms with Crippen molar-refractivity contribution < 1.29 is 4.74 Å². The van der Waals surface area contributed by atoms with Gasteiger partial charge in [-0.05, 0) is 25.9 Å². The highest BCUT2D eigenvalue weighted by Gasteiger charge is 2.34. The molecule has 3 rings (SSSR count). The van der Waals surface area contributed by atoms with Gasteiger partial charge >= 0.3 is 0 Å². The zero-order valence-electron chi connectivity index (χ0n) is 9.93. The molecule has 0 unspecified atom stereocenters. The fourth-order valence-corrected chi connectivity index (χ4v) is 2.68. The Kier molecular flexibility index (Phi) is 3.09. The molecule has 2 atom stereocenters. The number of morpholine rings is 1. The third kappa shape index (κ3) is 2.20. The summed E-state index contributed by atoms with van der Waals surface area (Å²) in [6.45, 7) is 3.51. The fraction of sp³-hybridized carbons (Fsp3) is 0.818. The summed E-state index contributed by atoms with van der Waals surface area (Å²) in [7, 11) is 0. The average Bonchev–Trinajstić information content (AvgIpc) is 2.96. The van der Waals surface area contributed by atoms with Crippen molar-refractivity contribution >= 4 is 0 Å². The van der Waals surface area contributed by atoms with Crippen molar-refractivity contribution in [3.63, 3.8) is 0 Å². The average molecular weight is 237 g/mol. The summed E-state index contributed by atoms with van der Waals surface area (Å²) < 4.78 is 5.85. The topological polar surface area (TPSA) is 80.1 Å². The molecule has 1 aromatic rings. The summed E-state index contributed by atoms with van der Waals surface area (Å²) in [5, 5.41) is 7.15. The number of rotatable bonds is 3. The molecule has 2 aliphatic heterocycles. The van der Waals surface area contributed by atoms with Gasteiger partial charge in [0.2, 0.25) is 0 Å². The van der Waals surface area contributed by atoms with Gasteiger partial charge in [-0.25, -0.2) is 4.98 Å². The Balaban J connectivity index is 1.67. The molecule has 0 bridgehead atoms. The van der Waals surface area contributed by atoms with Crippen LogP contribution in [0.5, 0.6) is 0 Å². The lowest BCUT2D eigenvalue weighted by Crippen LogP contribution is -2.42. The molecular formula is C11H19N5O. The van der Waals surface area contributed by atoms with Gasteiger partial charge in [-0.3, -0.25) is 10.00 Å². The molecule has 2 fully saturated rings. The van der Waals surface area contributed by atoms with Crippen LogP contribution in [0.15, 0.2) is 0 Å². The zero-order chi connectivity index (χ0) is 11.7. The van der Waals surface area contributed by atoms with Gasteiger partial charge in [0.1, 0.15) is 11.9 Å². The molecule has 0 aliphatic carbocycles. The molecule has 17 heavy (non-hydrogen) atoms. The first-order valence-electron chi connectivity index (χ1n) is 6.33. The van der Waals surface area contributed by atoms with Gasteiger partial charge in [0.25, 0.3) is 0 Å². The SMILES string of the molecule is NCCc1nc([C@@H]2CN3CCC[C@H]3CO2)n[nH]1. The van der Waals surface area contributed by atoms with E-state index in [9.17, 15) is 0 Å². The summed E-state index contributed by atoms with van der Waals surface area (Å²) in [5.74, 6) is 1.63. The van der Waals surface area contributed by atoms with Crippen molar-refractivity contribution in [3.05, 3.63) is 11.6 Å². The van der Waals surface area contributed by atoms with Crippen molar-refractivity contribution in [1.29, 1.82) is 0 Å². The summed E-state index contributed by atoms with van der Waals surface area (Å²) in [4.78, 5) is 6.93. The lowest BCUT2D eigenvalue weighted by atomic mass is 10.2. The molecule has 0 amide bonds. The van der Waals surface area contributed by atoms with E-state index >= 15 is 0 Å². The van der Waals surface area contributed by atoms with E-state index in [0.717, 1.165) is 31.2 Å². The number of aromatic amines is 1. The van der Waals surface area contributed by atoms with Crippen LogP contribution in [0.3, 0.4) is 0 Å². The summed E-state index contributed by atoms with van der Waals surface area (Å²) >= 11 is 0. The van der Waals surface area contributed by atoms with E-state index in [-0.39, 0.29) is 6.10 Å². The molecule has 1 aromatic heterocycles. The second-order valence-corrected chi connectivity index (χ2v) is 4.79. The third-order valence-corrected chi connectivity index (χ3v) is 3.61. The lowest BCUT2D eigenvalue weighted by Gasteiger charge is -2.33. The Bertz CT molecular complexity index is 380. The summed E-state index contributed by atoms with van der Waals surface area (Å²) in [6, 6.07) is 0.619. The highest BCUT2D eigenvalue weighted by molar-refractivity contribution is 4.99. The van der Waals surface area contributed by atoms with Crippen LogP contribution in [-0.4, -0.2) is 52.4 Å². The van der Waals surface area contributed by atoms with Crippen molar-refractivity contribution in [2.24, 2.45) is 5.73 Å². The predicted octanol–water partition coefficient (Wildman–Crippen LogP) is -0.158. The van der Waals surface area contributed by atoms with Crippen LogP contribution in [0.1, 0.15) is 30.6 Å². The van der Waals surface area contributed by atoms with Crippen LogP contribution >= 0.6 is 0 Å². The van der Waals surface area contributed by atoms with E-state index in [1.54, 1.807) is 0 Å². The van der Waals surface area contributed by atoms with Crippen LogP contribution in [0.4, 0.5) is 0 Å². The number of hydrogen-bond donors (Lipinski definition) is 2. The van der Waals surface area contributed by atoms with Crippen LogP contribution in [0.25, 0.3) is 0 Å². The molecule has 3 heterocycles. The van der Waals surface area contributed by atoms with Gasteiger partial charge in [0.15, 0.2) is 5.82 Å². The summed E-state index contributed by atoms with van der Waals surface area (Å²) in [6.07, 6.45) is 3.31. The maximum Gasteiger partial charge on any atom is 0.180 e. The smallest absolute Gasteiger partial charge is 0.180 e. The monoisotopic (exact) mass is 237 g/mol. The van der Waals surface area contributed by atoms with E-state index in [1.807, 2.05) is 0 Å². The quantitative estimate of drug-likeness (QED) is 0.763. The fourth-order valence-electron chi connectivity index (χ4n) is 2.68. The van der Waals surface area contributed by atoms with Gasteiger partial charge in [-0.1, -0.05) is 0 Å². The minimum absolute atomic E-state index is 0.0205. The second-order valence-electron chi connectivity index (χ2n) is 4.79. The van der Waals surface area contributed by atoms with Gasteiger partial charge in [-0.15, -0.1) is 0 Å². The van der Waals surface area contributed by atoms with Crippen molar-refractivity contribution in [2.45, 2.75) is 31.4 Å². The third-order valence-electron chi connectivity index (χ3n) is 3.61. The minimum Gasteiger partial charge on any atom is -0.367 e. The number of nitrogens with two attached hydrogens (primary N) is 1. The number of aromatic nitrogens is 3. The Morgan fingerprint density at radius 2 is 2.47 bits per heavy atom. The maximum absolute atomic E-state index is 5.85. The van der Waals surface area contributed by atoms with E-state index in [0.29, 0.717) is 12.6 Å². The zero-order valence-corrected chi connectivity index (χ0v) is 9.93. The molecule has 6 nitrogen and oxygen atoms in total. The first-order valence-corrected chi connectivity index (χ1v) is 6.33. The highest BCUT2D eigenvalue weighted by atomic mass is 16.5. The number of hydrogen-bond acceptors (Lipinski definition) is 5. The number of ether oxygens (including phenoxy) is 1. The normalized spacial score (nSPS) is 29.5. The van der Waals surface area contributed by atoms with E-state index in [2.05, 4.69) is 20.1 Å². The number of nitrogens with one attached hydrogen (secondary N) is 1. The van der Waals surface area contributed by atoms with Gasteiger partial charge in [0.05, 0.1) is 6.61 Å². The Morgan fingerprint density at radius 3 is 3.35 bits per heavy atom. The Morgan fingerprint density at radius 1 is 1.53 bits per heavy atom. The van der Waals surface area contributed by atoms with Crippen LogP contribution in [0.2, 0.25) is 0 Å². The van der Waals surface area contributed by atoms with Gasteiger partial charge < -0.3 is 10.5 Å². The van der Waals surface area contributed by atoms with E-state index in [1.165, 1.54) is 19.4 Å². The van der Waals surface area contributed by atoms with Crippen molar-refractivity contribution in [3.8, 4) is 0 Å². The van der Waals surface area contributed by atoms with Crippen LogP contribution in [-0.2, 0) is 11.2 Å². The molecular weight excluding hydrogens is 218 g/mol. The first kappa shape index (κ1) is 11.1. The summed E-state index contributed by atoms with van der Waals surface area (Å²) in [5.41, 5.74) is 5.49. The second kappa shape index (κ2) is 4.72. The standard InChI is InChI=1S/C11H19N5O/c12-4-3-10-13-11(15-14-10)9-6-16-5-1-2-8(16)7-17-9/h8-9H,1-7,12H2,(H,13,14,15)/t8-,9-/m0/s1. The first-order chi connectivity index (χ1) is 8.36. The van der Waals surface area contributed by atoms with Crippen molar-refractivity contribution in [1.82, 2.24) is 20.1 Å². The Hall–Kier alpha value is -0.980. The molecule has 0 aromatic carbocycles. The van der Waals surface area contributed by atoms with Gasteiger partial charge in [-0.2, -0.15) is 5.10 Å². The molecule has 2 aliphatic rings. The molecule has 0 saturated carbocycles. The number of nitrogens with zero attached hydrogens (tertiary/aromatic N) is 3. The van der Waals surface area contributed by atoms with Crippen LogP contribution in [0, 0.1) is 0 Å². The Labute approximate surface area is 101 Å². The van der Waals surface area contributed by atoms with E-state index < -0.39 is 0 Å².